The highest BCUT2D eigenvalue weighted by molar-refractivity contribution is 6.15. The number of hydrogen-bond donors (Lipinski definition) is 0. The average molecular weight is 513 g/mol. The molecule has 3 aromatic carbocycles. The van der Waals surface area contributed by atoms with Gasteiger partial charge < -0.3 is 14.0 Å². The molecule has 7 nitrogen and oxygen atoms in total. The molecule has 4 aromatic rings. The third kappa shape index (κ3) is 5.62. The van der Waals surface area contributed by atoms with E-state index in [1.165, 1.54) is 13.8 Å². The number of aromatic nitrogens is 1. The summed E-state index contributed by atoms with van der Waals surface area (Å²) in [7, 11) is 1.59. The molecule has 196 valence electrons. The molecular formula is C31H32N2O5. The molecule has 1 aromatic heterocycles. The lowest BCUT2D eigenvalue weighted by molar-refractivity contribution is -0.124. The van der Waals surface area contributed by atoms with Crippen LogP contribution in [0.3, 0.4) is 0 Å². The summed E-state index contributed by atoms with van der Waals surface area (Å²) >= 11 is 0. The fourth-order valence-corrected chi connectivity index (χ4v) is 4.19. The van der Waals surface area contributed by atoms with Gasteiger partial charge in [0.2, 0.25) is 17.7 Å². The van der Waals surface area contributed by atoms with Crippen LogP contribution in [0.15, 0.2) is 77.3 Å². The third-order valence-corrected chi connectivity index (χ3v) is 6.22. The van der Waals surface area contributed by atoms with Crippen molar-refractivity contribution in [3.8, 4) is 33.9 Å². The zero-order valence-corrected chi connectivity index (χ0v) is 22.6. The van der Waals surface area contributed by atoms with Gasteiger partial charge in [-0.05, 0) is 46.4 Å². The lowest BCUT2D eigenvalue weighted by Crippen LogP contribution is -2.33. The second-order valence-corrected chi connectivity index (χ2v) is 10.0. The Hall–Kier alpha value is -4.39. The van der Waals surface area contributed by atoms with Gasteiger partial charge in [-0.3, -0.25) is 9.59 Å². The van der Waals surface area contributed by atoms with E-state index in [1.807, 2.05) is 60.7 Å². The first-order valence-corrected chi connectivity index (χ1v) is 12.4. The van der Waals surface area contributed by atoms with Crippen LogP contribution in [0.1, 0.15) is 45.7 Å². The Morgan fingerprint density at radius 2 is 1.58 bits per heavy atom. The summed E-state index contributed by atoms with van der Waals surface area (Å²) in [5.74, 6) is 0.386. The molecule has 0 bridgehead atoms. The number of benzene rings is 3. The van der Waals surface area contributed by atoms with E-state index in [4.69, 9.17) is 14.0 Å². The number of hydrogen-bond acceptors (Lipinski definition) is 6. The molecule has 0 saturated heterocycles. The Balaban J connectivity index is 1.94. The molecule has 0 unspecified atom stereocenters. The topological polar surface area (TPSA) is 81.9 Å². The molecule has 0 spiro atoms. The van der Waals surface area contributed by atoms with Crippen molar-refractivity contribution >= 4 is 17.7 Å². The van der Waals surface area contributed by atoms with E-state index in [2.05, 4.69) is 25.9 Å². The number of anilines is 1. The third-order valence-electron chi connectivity index (χ3n) is 6.22. The first kappa shape index (κ1) is 26.7. The summed E-state index contributed by atoms with van der Waals surface area (Å²) in [6, 6.07) is 23.2. The van der Waals surface area contributed by atoms with Crippen LogP contribution in [0.25, 0.3) is 22.4 Å². The lowest BCUT2D eigenvalue weighted by Gasteiger charge is -2.21. The zero-order chi connectivity index (χ0) is 27.4. The van der Waals surface area contributed by atoms with Crippen molar-refractivity contribution < 1.29 is 23.6 Å². The molecule has 7 heteroatoms. The predicted octanol–water partition coefficient (Wildman–Crippen LogP) is 6.79. The molecular weight excluding hydrogens is 480 g/mol. The van der Waals surface area contributed by atoms with Gasteiger partial charge in [0.1, 0.15) is 23.8 Å². The molecule has 0 radical (unpaired) electrons. The van der Waals surface area contributed by atoms with Crippen LogP contribution in [0.2, 0.25) is 0 Å². The molecule has 0 aliphatic heterocycles. The zero-order valence-electron chi connectivity index (χ0n) is 22.6. The highest BCUT2D eigenvalue weighted by Crippen LogP contribution is 2.44. The van der Waals surface area contributed by atoms with Gasteiger partial charge in [0, 0.05) is 19.4 Å². The highest BCUT2D eigenvalue weighted by atomic mass is 16.5. The van der Waals surface area contributed by atoms with Crippen molar-refractivity contribution in [2.75, 3.05) is 12.0 Å². The van der Waals surface area contributed by atoms with Crippen LogP contribution in [-0.4, -0.2) is 24.1 Å². The number of methoxy groups -OCH3 is 1. The maximum Gasteiger partial charge on any atom is 0.249 e. The van der Waals surface area contributed by atoms with Gasteiger partial charge in [0.05, 0.1) is 12.7 Å². The van der Waals surface area contributed by atoms with Crippen molar-refractivity contribution in [3.05, 3.63) is 83.9 Å². The number of nitrogens with zero attached hydrogens (tertiary/aromatic N) is 2. The minimum absolute atomic E-state index is 0.0559. The van der Waals surface area contributed by atoms with Gasteiger partial charge in [-0.2, -0.15) is 0 Å². The van der Waals surface area contributed by atoms with Crippen molar-refractivity contribution in [3.63, 3.8) is 0 Å². The summed E-state index contributed by atoms with van der Waals surface area (Å²) in [5.41, 5.74) is 4.32. The van der Waals surface area contributed by atoms with Gasteiger partial charge in [0.25, 0.3) is 0 Å². The molecule has 4 rings (SSSR count). The standard InChI is InChI=1S/C31H32N2O5/c1-20(34)33(21(2)35)30-28(23-12-15-25(36-6)16-13-23)29(32-38-30)26-18-24(31(3,4)5)14-17-27(26)37-19-22-10-8-7-9-11-22/h7-18H,19H2,1-6H3. The number of ether oxygens (including phenoxy) is 2. The number of rotatable bonds is 7. The molecule has 0 fully saturated rings. The minimum Gasteiger partial charge on any atom is -0.497 e. The van der Waals surface area contributed by atoms with E-state index in [9.17, 15) is 9.59 Å². The van der Waals surface area contributed by atoms with E-state index in [-0.39, 0.29) is 11.3 Å². The summed E-state index contributed by atoms with van der Waals surface area (Å²) in [5, 5.41) is 4.40. The quantitative estimate of drug-likeness (QED) is 0.271. The summed E-state index contributed by atoms with van der Waals surface area (Å²) in [4.78, 5) is 26.0. The van der Waals surface area contributed by atoms with Crippen LogP contribution < -0.4 is 14.4 Å². The number of carbonyl (C=O) groups excluding carboxylic acids is 2. The first-order chi connectivity index (χ1) is 18.1. The molecule has 2 amide bonds. The Kier molecular flexibility index (Phi) is 7.67. The van der Waals surface area contributed by atoms with Crippen LogP contribution in [0.5, 0.6) is 11.5 Å². The van der Waals surface area contributed by atoms with Gasteiger partial charge in [-0.25, -0.2) is 4.90 Å². The second-order valence-electron chi connectivity index (χ2n) is 10.0. The number of amides is 2. The number of carbonyl (C=O) groups is 2. The highest BCUT2D eigenvalue weighted by Gasteiger charge is 2.30. The second kappa shape index (κ2) is 10.9. The van der Waals surface area contributed by atoms with Crippen LogP contribution in [0.4, 0.5) is 5.88 Å². The molecule has 0 saturated carbocycles. The maximum absolute atomic E-state index is 12.5. The van der Waals surface area contributed by atoms with E-state index in [0.717, 1.165) is 16.0 Å². The Morgan fingerprint density at radius 3 is 2.16 bits per heavy atom. The Morgan fingerprint density at radius 1 is 0.921 bits per heavy atom. The molecule has 0 atom stereocenters. The molecule has 38 heavy (non-hydrogen) atoms. The van der Waals surface area contributed by atoms with Gasteiger partial charge in [-0.1, -0.05) is 74.5 Å². The van der Waals surface area contributed by atoms with Crippen molar-refractivity contribution in [2.45, 2.75) is 46.6 Å². The van der Waals surface area contributed by atoms with Crippen molar-refractivity contribution in [1.29, 1.82) is 0 Å². The SMILES string of the molecule is COc1ccc(-c2c(-c3cc(C(C)(C)C)ccc3OCc3ccccc3)noc2N(C(C)=O)C(C)=O)cc1. The predicted molar refractivity (Wildman–Crippen MR) is 147 cm³/mol. The van der Waals surface area contributed by atoms with Gasteiger partial charge in [-0.15, -0.1) is 0 Å². The Bertz CT molecular complexity index is 1420. The number of imide groups is 1. The summed E-state index contributed by atoms with van der Waals surface area (Å²) in [6.45, 7) is 9.37. The van der Waals surface area contributed by atoms with Crippen LogP contribution in [-0.2, 0) is 21.6 Å². The fraction of sp³-hybridized carbons (Fsp3) is 0.258. The van der Waals surface area contributed by atoms with E-state index < -0.39 is 11.8 Å². The smallest absolute Gasteiger partial charge is 0.249 e. The molecule has 0 N–H and O–H groups in total. The summed E-state index contributed by atoms with van der Waals surface area (Å²) in [6.07, 6.45) is 0. The first-order valence-electron chi connectivity index (χ1n) is 12.4. The molecule has 0 aliphatic rings. The maximum atomic E-state index is 12.5. The van der Waals surface area contributed by atoms with Crippen molar-refractivity contribution in [1.82, 2.24) is 5.16 Å². The lowest BCUT2D eigenvalue weighted by atomic mass is 9.85. The minimum atomic E-state index is -0.473. The summed E-state index contributed by atoms with van der Waals surface area (Å²) < 4.78 is 17.3. The Labute approximate surface area is 223 Å². The normalized spacial score (nSPS) is 11.2. The van der Waals surface area contributed by atoms with Gasteiger partial charge >= 0.3 is 0 Å². The monoisotopic (exact) mass is 512 g/mol. The van der Waals surface area contributed by atoms with E-state index in [0.29, 0.717) is 40.5 Å². The van der Waals surface area contributed by atoms with Gasteiger partial charge in [0.15, 0.2) is 0 Å². The van der Waals surface area contributed by atoms with Crippen LogP contribution in [0, 0.1) is 0 Å². The van der Waals surface area contributed by atoms with E-state index >= 15 is 0 Å². The average Bonchev–Trinajstić information content (AvgIpc) is 3.31. The largest absolute Gasteiger partial charge is 0.497 e. The van der Waals surface area contributed by atoms with Crippen LogP contribution >= 0.6 is 0 Å². The van der Waals surface area contributed by atoms with Crippen molar-refractivity contribution in [2.24, 2.45) is 0 Å². The molecule has 1 heterocycles. The fourth-order valence-electron chi connectivity index (χ4n) is 4.19. The molecule has 0 aliphatic carbocycles. The van der Waals surface area contributed by atoms with E-state index in [1.54, 1.807) is 19.2 Å².